The predicted molar refractivity (Wildman–Crippen MR) is 103 cm³/mol. The van der Waals surface area contributed by atoms with Gasteiger partial charge in [0.05, 0.1) is 11.7 Å². The van der Waals surface area contributed by atoms with Gasteiger partial charge in [0.2, 0.25) is 5.91 Å². The zero-order valence-corrected chi connectivity index (χ0v) is 16.2. The second-order valence-electron chi connectivity index (χ2n) is 6.64. The second kappa shape index (κ2) is 8.53. The first-order chi connectivity index (χ1) is 12.7. The van der Waals surface area contributed by atoms with Crippen LogP contribution in [-0.2, 0) is 16.1 Å². The normalized spacial score (nSPS) is 10.6. The number of amides is 2. The van der Waals surface area contributed by atoms with Crippen molar-refractivity contribution in [3.8, 4) is 0 Å². The largest absolute Gasteiger partial charge is 0.459 e. The smallest absolute Gasteiger partial charge is 0.340 e. The monoisotopic (exact) mass is 371 g/mol. The molecule has 0 saturated heterocycles. The number of nitrogens with one attached hydrogen (secondary N) is 3. The summed E-state index contributed by atoms with van der Waals surface area (Å²) in [6.07, 6.45) is -0.237. The van der Waals surface area contributed by atoms with Crippen molar-refractivity contribution in [1.82, 2.24) is 10.3 Å². The maximum absolute atomic E-state index is 12.5. The molecule has 0 saturated carbocycles. The van der Waals surface area contributed by atoms with Gasteiger partial charge in [0.1, 0.15) is 5.69 Å². The van der Waals surface area contributed by atoms with Gasteiger partial charge in [-0.15, -0.1) is 0 Å². The van der Waals surface area contributed by atoms with E-state index in [2.05, 4.69) is 15.6 Å². The third-order valence-electron chi connectivity index (χ3n) is 3.91. The molecule has 0 aliphatic carbocycles. The summed E-state index contributed by atoms with van der Waals surface area (Å²) >= 11 is 0. The maximum atomic E-state index is 12.5. The fraction of sp³-hybridized carbons (Fsp3) is 0.350. The van der Waals surface area contributed by atoms with Crippen LogP contribution in [0.15, 0.2) is 24.3 Å². The lowest BCUT2D eigenvalue weighted by Crippen LogP contribution is -2.24. The zero-order chi connectivity index (χ0) is 20.1. The fourth-order valence-electron chi connectivity index (χ4n) is 2.79. The number of aromatic amines is 1. The van der Waals surface area contributed by atoms with Crippen LogP contribution in [0.1, 0.15) is 58.4 Å². The number of ether oxygens (including phenoxy) is 1. The Hall–Kier alpha value is -3.09. The molecule has 3 N–H and O–H groups in total. The van der Waals surface area contributed by atoms with Gasteiger partial charge in [0.15, 0.2) is 0 Å². The Balaban J connectivity index is 2.11. The molecule has 0 atom stereocenters. The van der Waals surface area contributed by atoms with Crippen LogP contribution in [0.3, 0.4) is 0 Å². The summed E-state index contributed by atoms with van der Waals surface area (Å²) in [5, 5.41) is 5.53. The van der Waals surface area contributed by atoms with Crippen molar-refractivity contribution in [3.63, 3.8) is 0 Å². The average Bonchev–Trinajstić information content (AvgIpc) is 2.86. The lowest BCUT2D eigenvalue weighted by atomic mass is 10.1. The van der Waals surface area contributed by atoms with Crippen LogP contribution in [0, 0.1) is 13.8 Å². The molecular formula is C20H25N3O4. The molecule has 2 amide bonds. The maximum Gasteiger partial charge on any atom is 0.340 e. The molecule has 0 bridgehead atoms. The highest BCUT2D eigenvalue weighted by atomic mass is 16.5. The van der Waals surface area contributed by atoms with E-state index in [0.717, 1.165) is 5.56 Å². The van der Waals surface area contributed by atoms with Crippen LogP contribution in [0.5, 0.6) is 0 Å². The SMILES string of the molecule is CC(=O)Nc1cccc(CNC(=O)c2[nH]c(C)c(C(=O)OC(C)C)c2C)c1. The second-order valence-corrected chi connectivity index (χ2v) is 6.64. The molecular weight excluding hydrogens is 346 g/mol. The molecule has 2 rings (SSSR count). The van der Waals surface area contributed by atoms with Crippen molar-refractivity contribution in [1.29, 1.82) is 0 Å². The highest BCUT2D eigenvalue weighted by molar-refractivity contribution is 6.00. The van der Waals surface area contributed by atoms with Crippen LogP contribution < -0.4 is 10.6 Å². The number of carbonyl (C=O) groups excluding carboxylic acids is 3. The van der Waals surface area contributed by atoms with E-state index in [1.54, 1.807) is 45.9 Å². The zero-order valence-electron chi connectivity index (χ0n) is 16.2. The summed E-state index contributed by atoms with van der Waals surface area (Å²) in [6, 6.07) is 7.22. The number of rotatable bonds is 6. The average molecular weight is 371 g/mol. The third kappa shape index (κ3) is 5.20. The van der Waals surface area contributed by atoms with Gasteiger partial charge in [0.25, 0.3) is 5.91 Å². The molecule has 0 radical (unpaired) electrons. The summed E-state index contributed by atoms with van der Waals surface area (Å²) in [5.74, 6) is -0.920. The minimum atomic E-state index is -0.446. The first-order valence-electron chi connectivity index (χ1n) is 8.74. The molecule has 0 fully saturated rings. The van der Waals surface area contributed by atoms with Crippen molar-refractivity contribution in [3.05, 3.63) is 52.3 Å². The number of hydrogen-bond donors (Lipinski definition) is 3. The van der Waals surface area contributed by atoms with E-state index in [9.17, 15) is 14.4 Å². The van der Waals surface area contributed by atoms with Gasteiger partial charge in [0, 0.05) is 24.8 Å². The van der Waals surface area contributed by atoms with E-state index in [4.69, 9.17) is 4.74 Å². The van der Waals surface area contributed by atoms with Gasteiger partial charge < -0.3 is 20.4 Å². The van der Waals surface area contributed by atoms with Crippen LogP contribution in [-0.4, -0.2) is 28.9 Å². The lowest BCUT2D eigenvalue weighted by molar-refractivity contribution is -0.114. The van der Waals surface area contributed by atoms with E-state index in [1.807, 2.05) is 6.07 Å². The first kappa shape index (κ1) is 20.2. The van der Waals surface area contributed by atoms with E-state index in [-0.39, 0.29) is 24.5 Å². The highest BCUT2D eigenvalue weighted by Gasteiger charge is 2.23. The standard InChI is InChI=1S/C20H25N3O4/c1-11(2)27-20(26)17-12(3)18(22-13(17)4)19(25)21-10-15-7-6-8-16(9-15)23-14(5)24/h6-9,11,22H,10H2,1-5H3,(H,21,25)(H,23,24). The molecule has 0 unspecified atom stereocenters. The van der Waals surface area contributed by atoms with E-state index >= 15 is 0 Å². The number of hydrogen-bond acceptors (Lipinski definition) is 4. The Labute approximate surface area is 158 Å². The van der Waals surface area contributed by atoms with Crippen LogP contribution in [0.2, 0.25) is 0 Å². The van der Waals surface area contributed by atoms with Crippen molar-refractivity contribution in [2.75, 3.05) is 5.32 Å². The molecule has 1 aromatic carbocycles. The van der Waals surface area contributed by atoms with Gasteiger partial charge in [-0.05, 0) is 51.0 Å². The van der Waals surface area contributed by atoms with Crippen molar-refractivity contribution < 1.29 is 19.1 Å². The fourth-order valence-corrected chi connectivity index (χ4v) is 2.79. The Morgan fingerprint density at radius 1 is 1.19 bits per heavy atom. The lowest BCUT2D eigenvalue weighted by Gasteiger charge is -2.09. The number of esters is 1. The molecule has 2 aromatic rings. The third-order valence-corrected chi connectivity index (χ3v) is 3.91. The minimum Gasteiger partial charge on any atom is -0.459 e. The van der Waals surface area contributed by atoms with Crippen LogP contribution in [0.4, 0.5) is 5.69 Å². The number of aromatic nitrogens is 1. The molecule has 0 aliphatic rings. The number of benzene rings is 1. The van der Waals surface area contributed by atoms with Crippen LogP contribution >= 0.6 is 0 Å². The highest BCUT2D eigenvalue weighted by Crippen LogP contribution is 2.20. The van der Waals surface area contributed by atoms with Gasteiger partial charge in [-0.3, -0.25) is 9.59 Å². The summed E-state index contributed by atoms with van der Waals surface area (Å²) in [7, 11) is 0. The Bertz CT molecular complexity index is 868. The number of anilines is 1. The molecule has 0 spiro atoms. The number of aryl methyl sites for hydroxylation is 1. The van der Waals surface area contributed by atoms with E-state index < -0.39 is 5.97 Å². The molecule has 7 heteroatoms. The molecule has 144 valence electrons. The number of carbonyl (C=O) groups is 3. The quantitative estimate of drug-likeness (QED) is 0.679. The number of H-pyrrole nitrogens is 1. The Kier molecular flexibility index (Phi) is 6.39. The minimum absolute atomic E-state index is 0.158. The van der Waals surface area contributed by atoms with Crippen molar-refractivity contribution >= 4 is 23.5 Å². The van der Waals surface area contributed by atoms with Crippen LogP contribution in [0.25, 0.3) is 0 Å². The Morgan fingerprint density at radius 3 is 2.52 bits per heavy atom. The van der Waals surface area contributed by atoms with Gasteiger partial charge in [-0.2, -0.15) is 0 Å². The van der Waals surface area contributed by atoms with Crippen molar-refractivity contribution in [2.24, 2.45) is 0 Å². The topological polar surface area (TPSA) is 100 Å². The molecule has 27 heavy (non-hydrogen) atoms. The van der Waals surface area contributed by atoms with Gasteiger partial charge >= 0.3 is 5.97 Å². The summed E-state index contributed by atoms with van der Waals surface area (Å²) in [5.41, 5.74) is 3.39. The predicted octanol–water partition coefficient (Wildman–Crippen LogP) is 3.09. The van der Waals surface area contributed by atoms with Crippen molar-refractivity contribution in [2.45, 2.75) is 47.3 Å². The van der Waals surface area contributed by atoms with Gasteiger partial charge in [-0.25, -0.2) is 4.79 Å². The molecule has 7 nitrogen and oxygen atoms in total. The molecule has 1 aromatic heterocycles. The Morgan fingerprint density at radius 2 is 1.89 bits per heavy atom. The first-order valence-corrected chi connectivity index (χ1v) is 8.74. The van der Waals surface area contributed by atoms with E-state index in [1.165, 1.54) is 6.92 Å². The molecule has 0 aliphatic heterocycles. The summed E-state index contributed by atoms with van der Waals surface area (Å²) in [4.78, 5) is 38.9. The summed E-state index contributed by atoms with van der Waals surface area (Å²) < 4.78 is 5.24. The summed E-state index contributed by atoms with van der Waals surface area (Å²) in [6.45, 7) is 8.72. The van der Waals surface area contributed by atoms with E-state index in [0.29, 0.717) is 28.2 Å². The van der Waals surface area contributed by atoms with Gasteiger partial charge in [-0.1, -0.05) is 12.1 Å². The molecule has 1 heterocycles.